The standard InChI is InChI=1S/C31H28Cl2N2O6S4/c32-23-6-8-26-25(3-1-17-44(36,37)38)28(42-29(26)19-23)10-4-21(22-12-14-34-15-13-22)5-11-31-35(16-2-18-45(39,40)41)27-9-7-24(33)20-30(27)43-31/h4-15,19-20H,1-3,16-18H2,(H,36,37,38)(H,39,40,41)/b10-4+,21-5-,31-11+. The second-order valence-electron chi connectivity index (χ2n) is 10.2. The first-order valence-electron chi connectivity index (χ1n) is 13.7. The first kappa shape index (κ1) is 33.7. The van der Waals surface area contributed by atoms with Crippen molar-refractivity contribution in [3.8, 4) is 0 Å². The van der Waals surface area contributed by atoms with Crippen molar-refractivity contribution in [1.82, 2.24) is 4.98 Å². The van der Waals surface area contributed by atoms with E-state index in [1.165, 1.54) is 11.8 Å². The van der Waals surface area contributed by atoms with Crippen molar-refractivity contribution >= 4 is 94.0 Å². The molecule has 0 bridgehead atoms. The zero-order chi connectivity index (χ0) is 32.2. The molecule has 0 amide bonds. The van der Waals surface area contributed by atoms with Gasteiger partial charge in [0.05, 0.1) is 22.2 Å². The summed E-state index contributed by atoms with van der Waals surface area (Å²) < 4.78 is 65.0. The Bertz CT molecular complexity index is 2030. The number of aromatic nitrogens is 1. The highest BCUT2D eigenvalue weighted by Crippen LogP contribution is 2.47. The van der Waals surface area contributed by atoms with Crippen molar-refractivity contribution in [3.05, 3.63) is 110 Å². The molecule has 8 nitrogen and oxygen atoms in total. The van der Waals surface area contributed by atoms with E-state index in [1.54, 1.807) is 35.9 Å². The van der Waals surface area contributed by atoms with Crippen molar-refractivity contribution in [3.63, 3.8) is 0 Å². The summed E-state index contributed by atoms with van der Waals surface area (Å²) in [6.07, 6.45) is 12.3. The second-order valence-corrected chi connectivity index (χ2v) is 16.3. The second kappa shape index (κ2) is 14.4. The number of anilines is 1. The van der Waals surface area contributed by atoms with Crippen LogP contribution in [0.2, 0.25) is 10.0 Å². The summed E-state index contributed by atoms with van der Waals surface area (Å²) in [5, 5.41) is 3.04. The van der Waals surface area contributed by atoms with E-state index in [0.29, 0.717) is 23.0 Å². The fourth-order valence-corrected chi connectivity index (χ4v) is 8.73. The number of fused-ring (bicyclic) bond motifs is 2. The number of thioether (sulfide) groups is 1. The number of benzene rings is 2. The maximum atomic E-state index is 11.4. The van der Waals surface area contributed by atoms with E-state index < -0.39 is 20.2 Å². The molecule has 236 valence electrons. The van der Waals surface area contributed by atoms with Crippen LogP contribution in [0.3, 0.4) is 0 Å². The molecule has 5 rings (SSSR count). The van der Waals surface area contributed by atoms with Crippen LogP contribution >= 0.6 is 46.3 Å². The van der Waals surface area contributed by atoms with Crippen LogP contribution < -0.4 is 4.90 Å². The molecule has 1 aliphatic rings. The molecule has 0 radical (unpaired) electrons. The molecule has 0 saturated carbocycles. The van der Waals surface area contributed by atoms with Crippen LogP contribution in [-0.2, 0) is 26.7 Å². The van der Waals surface area contributed by atoms with Crippen molar-refractivity contribution in [1.29, 1.82) is 0 Å². The molecule has 0 fully saturated rings. The minimum Gasteiger partial charge on any atom is -0.335 e. The van der Waals surface area contributed by atoms with Gasteiger partial charge in [0, 0.05) is 43.5 Å². The van der Waals surface area contributed by atoms with E-state index in [2.05, 4.69) is 4.98 Å². The Morgan fingerprint density at radius 3 is 2.33 bits per heavy atom. The zero-order valence-corrected chi connectivity index (χ0v) is 28.4. The lowest BCUT2D eigenvalue weighted by Crippen LogP contribution is -2.21. The van der Waals surface area contributed by atoms with Crippen LogP contribution in [0.25, 0.3) is 21.7 Å². The molecule has 3 heterocycles. The number of nitrogens with zero attached hydrogens (tertiary/aromatic N) is 2. The smallest absolute Gasteiger partial charge is 0.264 e. The zero-order valence-electron chi connectivity index (χ0n) is 23.6. The average molecular weight is 724 g/mol. The van der Waals surface area contributed by atoms with Crippen molar-refractivity contribution in [2.24, 2.45) is 0 Å². The Balaban J connectivity index is 1.51. The van der Waals surface area contributed by atoms with E-state index >= 15 is 0 Å². The highest BCUT2D eigenvalue weighted by Gasteiger charge is 2.25. The van der Waals surface area contributed by atoms with Crippen LogP contribution in [0.1, 0.15) is 28.8 Å². The fourth-order valence-electron chi connectivity index (χ4n) is 4.92. The normalized spacial score (nSPS) is 15.1. The SMILES string of the molecule is O=S(=O)(O)CCCc1c(/C=C/C(=C/C=C2/Sc3cc(Cl)ccc3N2CCCS(=O)(=O)O)c2ccncc2)sc2cc(Cl)ccc12. The highest BCUT2D eigenvalue weighted by molar-refractivity contribution is 8.03. The fraction of sp³-hybridized carbons (Fsp3) is 0.194. The largest absolute Gasteiger partial charge is 0.335 e. The molecular formula is C31H28Cl2N2O6S4. The molecule has 2 N–H and O–H groups in total. The van der Waals surface area contributed by atoms with Crippen molar-refractivity contribution < 1.29 is 25.9 Å². The van der Waals surface area contributed by atoms with Crippen LogP contribution in [0.4, 0.5) is 5.69 Å². The predicted octanol–water partition coefficient (Wildman–Crippen LogP) is 8.25. The van der Waals surface area contributed by atoms with Gasteiger partial charge in [-0.1, -0.05) is 53.2 Å². The number of pyridine rings is 1. The van der Waals surface area contributed by atoms with E-state index in [0.717, 1.165) is 47.3 Å². The number of thiophene rings is 1. The quantitative estimate of drug-likeness (QED) is 0.110. The van der Waals surface area contributed by atoms with E-state index in [-0.39, 0.29) is 24.3 Å². The lowest BCUT2D eigenvalue weighted by atomic mass is 10.0. The maximum absolute atomic E-state index is 11.4. The summed E-state index contributed by atoms with van der Waals surface area (Å²) in [6, 6.07) is 14.9. The van der Waals surface area contributed by atoms with Gasteiger partial charge in [-0.25, -0.2) is 0 Å². The number of hydrogen-bond donors (Lipinski definition) is 2. The maximum Gasteiger partial charge on any atom is 0.264 e. The molecule has 45 heavy (non-hydrogen) atoms. The Morgan fingerprint density at radius 2 is 1.60 bits per heavy atom. The number of rotatable bonds is 12. The minimum absolute atomic E-state index is 0.232. The number of aryl methyl sites for hydroxylation is 1. The molecule has 0 unspecified atom stereocenters. The molecule has 0 saturated heterocycles. The molecule has 0 atom stereocenters. The molecule has 4 aromatic rings. The highest BCUT2D eigenvalue weighted by atomic mass is 35.5. The van der Waals surface area contributed by atoms with Gasteiger partial charge in [-0.05, 0) is 96.0 Å². The molecule has 1 aliphatic heterocycles. The van der Waals surface area contributed by atoms with Gasteiger partial charge in [0.1, 0.15) is 0 Å². The van der Waals surface area contributed by atoms with Gasteiger partial charge in [-0.15, -0.1) is 11.3 Å². The minimum atomic E-state index is -4.09. The van der Waals surface area contributed by atoms with Gasteiger partial charge in [0.25, 0.3) is 20.2 Å². The summed E-state index contributed by atoms with van der Waals surface area (Å²) in [5.74, 6) is -0.680. The summed E-state index contributed by atoms with van der Waals surface area (Å²) in [5.41, 5.74) is 3.66. The van der Waals surface area contributed by atoms with Gasteiger partial charge >= 0.3 is 0 Å². The summed E-state index contributed by atoms with van der Waals surface area (Å²) in [6.45, 7) is 0.374. The predicted molar refractivity (Wildman–Crippen MR) is 187 cm³/mol. The molecule has 0 spiro atoms. The van der Waals surface area contributed by atoms with Crippen LogP contribution in [0, 0.1) is 0 Å². The lowest BCUT2D eigenvalue weighted by molar-refractivity contribution is 0.479. The van der Waals surface area contributed by atoms with Gasteiger partial charge < -0.3 is 4.90 Å². The summed E-state index contributed by atoms with van der Waals surface area (Å²) in [4.78, 5) is 8.04. The van der Waals surface area contributed by atoms with Gasteiger partial charge in [-0.3, -0.25) is 14.1 Å². The molecule has 0 aliphatic carbocycles. The average Bonchev–Trinajstić information content (AvgIpc) is 3.48. The third kappa shape index (κ3) is 9.20. The van der Waals surface area contributed by atoms with Crippen LogP contribution in [0.15, 0.2) is 89.1 Å². The van der Waals surface area contributed by atoms with E-state index in [9.17, 15) is 25.9 Å². The van der Waals surface area contributed by atoms with Gasteiger partial charge in [0.2, 0.25) is 0 Å². The third-order valence-corrected chi connectivity index (χ3v) is 11.3. The Morgan fingerprint density at radius 1 is 0.911 bits per heavy atom. The molecular weight excluding hydrogens is 696 g/mol. The van der Waals surface area contributed by atoms with Crippen LogP contribution in [-0.4, -0.2) is 49.0 Å². The van der Waals surface area contributed by atoms with Crippen LogP contribution in [0.5, 0.6) is 0 Å². The van der Waals surface area contributed by atoms with Crippen molar-refractivity contribution in [2.75, 3.05) is 23.0 Å². The summed E-state index contributed by atoms with van der Waals surface area (Å²) >= 11 is 15.6. The van der Waals surface area contributed by atoms with Gasteiger partial charge in [-0.2, -0.15) is 16.8 Å². The molecule has 14 heteroatoms. The molecule has 2 aromatic heterocycles. The van der Waals surface area contributed by atoms with E-state index in [1.807, 2.05) is 65.6 Å². The van der Waals surface area contributed by atoms with Crippen molar-refractivity contribution in [2.45, 2.75) is 24.2 Å². The Labute approximate surface area is 280 Å². The van der Waals surface area contributed by atoms with Gasteiger partial charge in [0.15, 0.2) is 0 Å². The molecule has 2 aromatic carbocycles. The monoisotopic (exact) mass is 722 g/mol. The first-order chi connectivity index (χ1) is 21.4. The third-order valence-electron chi connectivity index (χ3n) is 6.93. The Kier molecular flexibility index (Phi) is 10.8. The number of hydrogen-bond acceptors (Lipinski definition) is 8. The summed E-state index contributed by atoms with van der Waals surface area (Å²) in [7, 11) is -8.17. The number of allylic oxidation sites excluding steroid dienone is 4. The van der Waals surface area contributed by atoms with E-state index in [4.69, 9.17) is 23.2 Å². The lowest BCUT2D eigenvalue weighted by Gasteiger charge is -2.20. The Hall–Kier alpha value is -2.68. The topological polar surface area (TPSA) is 125 Å². The number of halogens is 2. The first-order valence-corrected chi connectivity index (χ1v) is 19.3.